The number of hydrogen-bond acceptors (Lipinski definition) is 3. The molecule has 1 atom stereocenters. The highest BCUT2D eigenvalue weighted by atomic mass is 35.5. The monoisotopic (exact) mass is 284 g/mol. The molecule has 0 aliphatic carbocycles. The van der Waals surface area contributed by atoms with Crippen molar-refractivity contribution in [2.24, 2.45) is 0 Å². The predicted molar refractivity (Wildman–Crippen MR) is 82.1 cm³/mol. The van der Waals surface area contributed by atoms with Gasteiger partial charge >= 0.3 is 0 Å². The summed E-state index contributed by atoms with van der Waals surface area (Å²) in [6.45, 7) is 4.13. The van der Waals surface area contributed by atoms with E-state index in [1.165, 1.54) is 12.8 Å². The molecule has 0 aliphatic heterocycles. The second kappa shape index (κ2) is 8.41. The van der Waals surface area contributed by atoms with Crippen molar-refractivity contribution in [1.82, 2.24) is 10.2 Å². The van der Waals surface area contributed by atoms with Gasteiger partial charge in [0.25, 0.3) is 0 Å². The van der Waals surface area contributed by atoms with Gasteiger partial charge in [-0.15, -0.1) is 0 Å². The average Bonchev–Trinajstić information content (AvgIpc) is 2.36. The van der Waals surface area contributed by atoms with Crippen molar-refractivity contribution in [3.63, 3.8) is 0 Å². The summed E-state index contributed by atoms with van der Waals surface area (Å²) in [4.78, 5) is 2.21. The van der Waals surface area contributed by atoms with Gasteiger partial charge in [-0.1, -0.05) is 11.6 Å². The molecule has 0 radical (unpaired) electrons. The fourth-order valence-corrected chi connectivity index (χ4v) is 2.18. The minimum atomic E-state index is 0.489. The Morgan fingerprint density at radius 3 is 2.74 bits per heavy atom. The lowest BCUT2D eigenvalue weighted by molar-refractivity contribution is 0.373. The fraction of sp³-hybridized carbons (Fsp3) is 0.600. The van der Waals surface area contributed by atoms with E-state index in [-0.39, 0.29) is 0 Å². The average molecular weight is 285 g/mol. The van der Waals surface area contributed by atoms with Crippen LogP contribution in [-0.2, 0) is 6.54 Å². The Kier molecular flexibility index (Phi) is 7.21. The molecule has 0 aliphatic rings. The molecule has 0 saturated carbocycles. The predicted octanol–water partition coefficient (Wildman–Crippen LogP) is 3.17. The molecule has 1 rings (SSSR count). The third-order valence-electron chi connectivity index (χ3n) is 3.13. The summed E-state index contributed by atoms with van der Waals surface area (Å²) in [7, 11) is 5.90. The van der Waals surface area contributed by atoms with Crippen molar-refractivity contribution in [3.8, 4) is 5.75 Å². The van der Waals surface area contributed by atoms with Crippen LogP contribution in [0.2, 0.25) is 5.02 Å². The van der Waals surface area contributed by atoms with Crippen molar-refractivity contribution in [1.29, 1.82) is 0 Å². The largest absolute Gasteiger partial charge is 0.496 e. The SMILES string of the molecule is COc1ccc(Cl)cc1CN[C@@H](C)CCCN(C)C. The molecule has 0 saturated heterocycles. The molecular formula is C15H25ClN2O. The molecular weight excluding hydrogens is 260 g/mol. The van der Waals surface area contributed by atoms with E-state index >= 15 is 0 Å². The lowest BCUT2D eigenvalue weighted by Crippen LogP contribution is -2.26. The number of methoxy groups -OCH3 is 1. The zero-order chi connectivity index (χ0) is 14.3. The van der Waals surface area contributed by atoms with Gasteiger partial charge in [-0.25, -0.2) is 0 Å². The van der Waals surface area contributed by atoms with E-state index in [0.29, 0.717) is 6.04 Å². The van der Waals surface area contributed by atoms with Crippen LogP contribution in [0.5, 0.6) is 5.75 Å². The van der Waals surface area contributed by atoms with Crippen LogP contribution in [-0.4, -0.2) is 38.7 Å². The normalized spacial score (nSPS) is 12.7. The zero-order valence-corrected chi connectivity index (χ0v) is 13.1. The van der Waals surface area contributed by atoms with Gasteiger partial charge in [0.05, 0.1) is 7.11 Å². The molecule has 0 fully saturated rings. The molecule has 0 spiro atoms. The number of rotatable bonds is 8. The molecule has 108 valence electrons. The van der Waals surface area contributed by atoms with Crippen molar-refractivity contribution in [2.45, 2.75) is 32.4 Å². The van der Waals surface area contributed by atoms with Crippen molar-refractivity contribution in [3.05, 3.63) is 28.8 Å². The van der Waals surface area contributed by atoms with Gasteiger partial charge in [-0.2, -0.15) is 0 Å². The van der Waals surface area contributed by atoms with Crippen LogP contribution in [0.4, 0.5) is 0 Å². The number of hydrogen-bond donors (Lipinski definition) is 1. The Balaban J connectivity index is 2.41. The summed E-state index contributed by atoms with van der Waals surface area (Å²) in [5, 5.41) is 4.27. The maximum absolute atomic E-state index is 6.02. The van der Waals surface area contributed by atoms with Crippen LogP contribution in [0.1, 0.15) is 25.3 Å². The Morgan fingerprint density at radius 2 is 2.11 bits per heavy atom. The van der Waals surface area contributed by atoms with Crippen molar-refractivity contribution < 1.29 is 4.74 Å². The van der Waals surface area contributed by atoms with E-state index in [9.17, 15) is 0 Å². The highest BCUT2D eigenvalue weighted by molar-refractivity contribution is 6.30. The molecule has 1 N–H and O–H groups in total. The first-order chi connectivity index (χ1) is 9.02. The smallest absolute Gasteiger partial charge is 0.123 e. The van der Waals surface area contributed by atoms with Crippen molar-refractivity contribution >= 4 is 11.6 Å². The van der Waals surface area contributed by atoms with E-state index in [4.69, 9.17) is 16.3 Å². The first-order valence-electron chi connectivity index (χ1n) is 6.73. The molecule has 19 heavy (non-hydrogen) atoms. The van der Waals surface area contributed by atoms with Crippen molar-refractivity contribution in [2.75, 3.05) is 27.7 Å². The first kappa shape index (κ1) is 16.3. The second-order valence-corrected chi connectivity index (χ2v) is 5.62. The van der Waals surface area contributed by atoms with Gasteiger partial charge in [-0.3, -0.25) is 0 Å². The van der Waals surface area contributed by atoms with Gasteiger partial charge in [0.2, 0.25) is 0 Å². The van der Waals surface area contributed by atoms with Gasteiger partial charge in [0, 0.05) is 23.2 Å². The lowest BCUT2D eigenvalue weighted by atomic mass is 10.1. The van der Waals surface area contributed by atoms with Crippen LogP contribution in [0, 0.1) is 0 Å². The lowest BCUT2D eigenvalue weighted by Gasteiger charge is -2.17. The third kappa shape index (κ3) is 6.28. The molecule has 3 nitrogen and oxygen atoms in total. The van der Waals surface area contributed by atoms with E-state index in [0.717, 1.165) is 29.4 Å². The summed E-state index contributed by atoms with van der Waals surface area (Å²) in [5.41, 5.74) is 1.11. The van der Waals surface area contributed by atoms with Crippen LogP contribution in [0.25, 0.3) is 0 Å². The summed E-state index contributed by atoms with van der Waals surface area (Å²) in [6, 6.07) is 6.21. The summed E-state index contributed by atoms with van der Waals surface area (Å²) < 4.78 is 5.34. The molecule has 0 aromatic heterocycles. The second-order valence-electron chi connectivity index (χ2n) is 5.18. The molecule has 0 bridgehead atoms. The third-order valence-corrected chi connectivity index (χ3v) is 3.36. The Hall–Kier alpha value is -0.770. The molecule has 1 aromatic rings. The Bertz CT molecular complexity index is 382. The number of nitrogens with one attached hydrogen (secondary N) is 1. The van der Waals surface area contributed by atoms with Crippen LogP contribution < -0.4 is 10.1 Å². The van der Waals surface area contributed by atoms with Crippen LogP contribution >= 0.6 is 11.6 Å². The van der Waals surface area contributed by atoms with E-state index in [1.54, 1.807) is 7.11 Å². The van der Waals surface area contributed by atoms with Gasteiger partial charge in [0.15, 0.2) is 0 Å². The molecule has 0 unspecified atom stereocenters. The van der Waals surface area contributed by atoms with Gasteiger partial charge < -0.3 is 15.0 Å². The first-order valence-corrected chi connectivity index (χ1v) is 7.11. The Morgan fingerprint density at radius 1 is 1.37 bits per heavy atom. The van der Waals surface area contributed by atoms with E-state index in [1.807, 2.05) is 18.2 Å². The van der Waals surface area contributed by atoms with E-state index < -0.39 is 0 Å². The molecule has 1 aromatic carbocycles. The number of nitrogens with zero attached hydrogens (tertiary/aromatic N) is 1. The summed E-state index contributed by atoms with van der Waals surface area (Å²) in [6.07, 6.45) is 2.37. The minimum Gasteiger partial charge on any atom is -0.496 e. The number of benzene rings is 1. The number of ether oxygens (including phenoxy) is 1. The minimum absolute atomic E-state index is 0.489. The zero-order valence-electron chi connectivity index (χ0n) is 12.4. The van der Waals surface area contributed by atoms with Crippen LogP contribution in [0.3, 0.4) is 0 Å². The maximum Gasteiger partial charge on any atom is 0.123 e. The fourth-order valence-electron chi connectivity index (χ4n) is 1.99. The highest BCUT2D eigenvalue weighted by Gasteiger charge is 2.06. The quantitative estimate of drug-likeness (QED) is 0.794. The molecule has 4 heteroatoms. The Labute approximate surface area is 121 Å². The van der Waals surface area contributed by atoms with E-state index in [2.05, 4.69) is 31.2 Å². The standard InChI is InChI=1S/C15H25ClN2O/c1-12(6-5-9-18(2)3)17-11-13-10-14(16)7-8-15(13)19-4/h7-8,10,12,17H,5-6,9,11H2,1-4H3/t12-/m0/s1. The van der Waals surface area contributed by atoms with Crippen LogP contribution in [0.15, 0.2) is 18.2 Å². The van der Waals surface area contributed by atoms with Gasteiger partial charge in [0.1, 0.15) is 5.75 Å². The number of halogens is 1. The van der Waals surface area contributed by atoms with Gasteiger partial charge in [-0.05, 0) is 58.6 Å². The summed E-state index contributed by atoms with van der Waals surface area (Å²) >= 11 is 6.02. The molecule has 0 amide bonds. The topological polar surface area (TPSA) is 24.5 Å². The highest BCUT2D eigenvalue weighted by Crippen LogP contribution is 2.22. The maximum atomic E-state index is 6.02. The molecule has 0 heterocycles. The summed E-state index contributed by atoms with van der Waals surface area (Å²) in [5.74, 6) is 0.886.